The molecule has 1 aromatic rings. The summed E-state index contributed by atoms with van der Waals surface area (Å²) in [6.45, 7) is 5.15. The molecule has 88 valence electrons. The molecule has 0 unspecified atom stereocenters. The molecule has 0 radical (unpaired) electrons. The molecule has 16 heavy (non-hydrogen) atoms. The molecule has 0 atom stereocenters. The van der Waals surface area contributed by atoms with Crippen LogP contribution in [0, 0.1) is 5.92 Å². The maximum absolute atomic E-state index is 12.0. The number of hydrogen-bond acceptors (Lipinski definition) is 2. The first-order valence-corrected chi connectivity index (χ1v) is 5.70. The molecule has 3 heteroatoms. The lowest BCUT2D eigenvalue weighted by Gasteiger charge is -2.23. The van der Waals surface area contributed by atoms with Crippen molar-refractivity contribution in [3.63, 3.8) is 0 Å². The van der Waals surface area contributed by atoms with Gasteiger partial charge >= 0.3 is 0 Å². The van der Waals surface area contributed by atoms with Gasteiger partial charge in [-0.1, -0.05) is 32.0 Å². The lowest BCUT2D eigenvalue weighted by molar-refractivity contribution is -0.119. The molecular weight excluding hydrogens is 200 g/mol. The fourth-order valence-electron chi connectivity index (χ4n) is 1.59. The Morgan fingerprint density at radius 3 is 2.44 bits per heavy atom. The van der Waals surface area contributed by atoms with E-state index in [0.717, 1.165) is 5.69 Å². The molecule has 0 spiro atoms. The average molecular weight is 220 g/mol. The summed E-state index contributed by atoms with van der Waals surface area (Å²) >= 11 is 0. The van der Waals surface area contributed by atoms with Gasteiger partial charge in [-0.3, -0.25) is 4.79 Å². The highest BCUT2D eigenvalue weighted by atomic mass is 16.2. The van der Waals surface area contributed by atoms with E-state index in [1.165, 1.54) is 0 Å². The number of carbonyl (C=O) groups is 1. The van der Waals surface area contributed by atoms with Gasteiger partial charge < -0.3 is 10.6 Å². The molecule has 0 aliphatic carbocycles. The van der Waals surface area contributed by atoms with Gasteiger partial charge in [0.15, 0.2) is 0 Å². The van der Waals surface area contributed by atoms with Crippen LogP contribution >= 0.6 is 0 Å². The Hall–Kier alpha value is -1.35. The van der Waals surface area contributed by atoms with Gasteiger partial charge in [0.05, 0.1) is 0 Å². The number of hydrogen-bond donors (Lipinski definition) is 1. The van der Waals surface area contributed by atoms with E-state index in [-0.39, 0.29) is 5.91 Å². The van der Waals surface area contributed by atoms with E-state index in [0.29, 0.717) is 25.4 Å². The summed E-state index contributed by atoms with van der Waals surface area (Å²) < 4.78 is 0. The highest BCUT2D eigenvalue weighted by Crippen LogP contribution is 2.15. The zero-order valence-corrected chi connectivity index (χ0v) is 10.0. The van der Waals surface area contributed by atoms with Crippen LogP contribution in [0.5, 0.6) is 0 Å². The van der Waals surface area contributed by atoms with Crippen LogP contribution < -0.4 is 10.6 Å². The molecular formula is C13H20N2O. The van der Waals surface area contributed by atoms with Gasteiger partial charge in [-0.25, -0.2) is 0 Å². The standard InChI is InChI=1S/C13H20N2O/c1-11(2)10-13(16)15(9-8-14)12-6-4-3-5-7-12/h3-7,11H,8-10,14H2,1-2H3. The molecule has 1 amide bonds. The van der Waals surface area contributed by atoms with Crippen molar-refractivity contribution in [2.24, 2.45) is 11.7 Å². The van der Waals surface area contributed by atoms with E-state index in [2.05, 4.69) is 0 Å². The number of para-hydroxylation sites is 1. The van der Waals surface area contributed by atoms with Crippen LogP contribution in [0.15, 0.2) is 30.3 Å². The van der Waals surface area contributed by atoms with Gasteiger partial charge in [-0.2, -0.15) is 0 Å². The summed E-state index contributed by atoms with van der Waals surface area (Å²) in [5, 5.41) is 0. The van der Waals surface area contributed by atoms with Crippen molar-refractivity contribution >= 4 is 11.6 Å². The first kappa shape index (κ1) is 12.7. The van der Waals surface area contributed by atoms with E-state index in [1.54, 1.807) is 4.90 Å². The number of anilines is 1. The fraction of sp³-hybridized carbons (Fsp3) is 0.462. The Labute approximate surface area is 97.2 Å². The van der Waals surface area contributed by atoms with E-state index in [9.17, 15) is 4.79 Å². The Bertz CT molecular complexity index is 322. The Morgan fingerprint density at radius 1 is 1.31 bits per heavy atom. The highest BCUT2D eigenvalue weighted by Gasteiger charge is 2.15. The van der Waals surface area contributed by atoms with Gasteiger partial charge in [0, 0.05) is 25.2 Å². The van der Waals surface area contributed by atoms with Crippen LogP contribution in [-0.2, 0) is 4.79 Å². The normalized spacial score (nSPS) is 10.5. The van der Waals surface area contributed by atoms with Gasteiger partial charge in [-0.15, -0.1) is 0 Å². The summed E-state index contributed by atoms with van der Waals surface area (Å²) in [6, 6.07) is 9.68. The minimum absolute atomic E-state index is 0.145. The number of benzene rings is 1. The van der Waals surface area contributed by atoms with Crippen LogP contribution in [0.4, 0.5) is 5.69 Å². The van der Waals surface area contributed by atoms with Crippen molar-refractivity contribution in [1.29, 1.82) is 0 Å². The first-order valence-electron chi connectivity index (χ1n) is 5.70. The van der Waals surface area contributed by atoms with Crippen LogP contribution in [0.2, 0.25) is 0 Å². The molecule has 2 N–H and O–H groups in total. The van der Waals surface area contributed by atoms with Crippen molar-refractivity contribution in [1.82, 2.24) is 0 Å². The summed E-state index contributed by atoms with van der Waals surface area (Å²) in [5.41, 5.74) is 6.47. The number of nitrogens with zero attached hydrogens (tertiary/aromatic N) is 1. The van der Waals surface area contributed by atoms with Gasteiger partial charge in [0.25, 0.3) is 0 Å². The van der Waals surface area contributed by atoms with Crippen molar-refractivity contribution in [3.8, 4) is 0 Å². The number of amides is 1. The predicted octanol–water partition coefficient (Wildman–Crippen LogP) is 2.02. The SMILES string of the molecule is CC(C)CC(=O)N(CCN)c1ccccc1. The molecule has 0 bridgehead atoms. The van der Waals surface area contributed by atoms with E-state index >= 15 is 0 Å². The molecule has 0 aliphatic rings. The van der Waals surface area contributed by atoms with Gasteiger partial charge in [-0.05, 0) is 18.1 Å². The minimum Gasteiger partial charge on any atom is -0.329 e. The smallest absolute Gasteiger partial charge is 0.227 e. The third-order valence-corrected chi connectivity index (χ3v) is 2.30. The molecule has 0 saturated heterocycles. The monoisotopic (exact) mass is 220 g/mol. The van der Waals surface area contributed by atoms with Crippen molar-refractivity contribution < 1.29 is 4.79 Å². The summed E-state index contributed by atoms with van der Waals surface area (Å²) in [6.07, 6.45) is 0.564. The quantitative estimate of drug-likeness (QED) is 0.825. The number of rotatable bonds is 5. The second-order valence-electron chi connectivity index (χ2n) is 4.27. The highest BCUT2D eigenvalue weighted by molar-refractivity contribution is 5.93. The van der Waals surface area contributed by atoms with Gasteiger partial charge in [0.1, 0.15) is 0 Å². The fourth-order valence-corrected chi connectivity index (χ4v) is 1.59. The average Bonchev–Trinajstić information content (AvgIpc) is 2.26. The van der Waals surface area contributed by atoms with Crippen molar-refractivity contribution in [2.45, 2.75) is 20.3 Å². The Kier molecular flexibility index (Phi) is 4.99. The van der Waals surface area contributed by atoms with E-state index in [1.807, 2.05) is 44.2 Å². The van der Waals surface area contributed by atoms with Crippen LogP contribution in [0.25, 0.3) is 0 Å². The molecule has 0 aliphatic heterocycles. The topological polar surface area (TPSA) is 46.3 Å². The lowest BCUT2D eigenvalue weighted by atomic mass is 10.1. The second-order valence-corrected chi connectivity index (χ2v) is 4.27. The maximum atomic E-state index is 12.0. The van der Waals surface area contributed by atoms with Crippen LogP contribution in [-0.4, -0.2) is 19.0 Å². The second kappa shape index (κ2) is 6.28. The van der Waals surface area contributed by atoms with Crippen molar-refractivity contribution in [2.75, 3.05) is 18.0 Å². The largest absolute Gasteiger partial charge is 0.329 e. The minimum atomic E-state index is 0.145. The molecule has 0 heterocycles. The number of carbonyl (C=O) groups excluding carboxylic acids is 1. The number of nitrogens with two attached hydrogens (primary N) is 1. The molecule has 0 fully saturated rings. The Balaban J connectivity index is 2.79. The molecule has 3 nitrogen and oxygen atoms in total. The van der Waals surface area contributed by atoms with Crippen molar-refractivity contribution in [3.05, 3.63) is 30.3 Å². The molecule has 0 aromatic heterocycles. The zero-order valence-electron chi connectivity index (χ0n) is 10.0. The van der Waals surface area contributed by atoms with E-state index < -0.39 is 0 Å². The molecule has 1 aromatic carbocycles. The third-order valence-electron chi connectivity index (χ3n) is 2.30. The summed E-state index contributed by atoms with van der Waals surface area (Å²) in [4.78, 5) is 13.8. The maximum Gasteiger partial charge on any atom is 0.227 e. The Morgan fingerprint density at radius 2 is 1.94 bits per heavy atom. The predicted molar refractivity (Wildman–Crippen MR) is 67.3 cm³/mol. The molecule has 1 rings (SSSR count). The lowest BCUT2D eigenvalue weighted by Crippen LogP contribution is -2.35. The van der Waals surface area contributed by atoms with Gasteiger partial charge in [0.2, 0.25) is 5.91 Å². The van der Waals surface area contributed by atoms with E-state index in [4.69, 9.17) is 5.73 Å². The zero-order chi connectivity index (χ0) is 12.0. The first-order chi connectivity index (χ1) is 7.65. The summed E-state index contributed by atoms with van der Waals surface area (Å²) in [7, 11) is 0. The van der Waals surface area contributed by atoms with Crippen LogP contribution in [0.3, 0.4) is 0 Å². The van der Waals surface area contributed by atoms with Crippen LogP contribution in [0.1, 0.15) is 20.3 Å². The third kappa shape index (κ3) is 3.66. The molecule has 0 saturated carbocycles. The summed E-state index contributed by atoms with van der Waals surface area (Å²) in [5.74, 6) is 0.517.